The number of hydrogen-bond acceptors (Lipinski definition) is 3. The van der Waals surface area contributed by atoms with Crippen molar-refractivity contribution in [3.63, 3.8) is 0 Å². The Morgan fingerprint density at radius 1 is 1.21 bits per heavy atom. The van der Waals surface area contributed by atoms with Crippen molar-refractivity contribution >= 4 is 11.6 Å². The smallest absolute Gasteiger partial charge is 0.242 e. The summed E-state index contributed by atoms with van der Waals surface area (Å²) in [4.78, 5) is 11.8. The minimum atomic E-state index is -0.253. The summed E-state index contributed by atoms with van der Waals surface area (Å²) in [6, 6.07) is 7.36. The number of rotatable bonds is 7. The number of hydrogen-bond donors (Lipinski definition) is 2. The molecule has 0 aromatic heterocycles. The van der Waals surface area contributed by atoms with Gasteiger partial charge in [0, 0.05) is 12.2 Å². The molecule has 0 radical (unpaired) electrons. The van der Waals surface area contributed by atoms with Crippen LogP contribution in [0.2, 0.25) is 0 Å². The normalized spacial score (nSPS) is 12.1. The molecule has 1 aromatic rings. The van der Waals surface area contributed by atoms with E-state index in [1.54, 1.807) is 0 Å². The molecule has 4 heteroatoms. The van der Waals surface area contributed by atoms with Crippen molar-refractivity contribution in [1.29, 1.82) is 0 Å². The van der Waals surface area contributed by atoms with E-state index in [0.29, 0.717) is 19.1 Å². The number of carbonyl (C=O) groups excluding carboxylic acids is 1. The molecule has 106 valence electrons. The molecular formula is C15H24N2O2. The number of nitrogens with one attached hydrogen (secondary N) is 2. The largest absolute Gasteiger partial charge is 0.494 e. The minimum absolute atomic E-state index is 0.0163. The predicted octanol–water partition coefficient (Wildman–Crippen LogP) is 2.66. The molecule has 0 heterocycles. The lowest BCUT2D eigenvalue weighted by molar-refractivity contribution is -0.121. The van der Waals surface area contributed by atoms with Crippen molar-refractivity contribution in [3.8, 4) is 5.75 Å². The van der Waals surface area contributed by atoms with Crippen LogP contribution in [0.4, 0.5) is 5.69 Å². The Morgan fingerprint density at radius 2 is 1.84 bits per heavy atom. The summed E-state index contributed by atoms with van der Waals surface area (Å²) in [5.74, 6) is 1.31. The van der Waals surface area contributed by atoms with E-state index in [-0.39, 0.29) is 11.9 Å². The van der Waals surface area contributed by atoms with Crippen LogP contribution in [0.25, 0.3) is 0 Å². The maximum atomic E-state index is 11.8. The Kier molecular flexibility index (Phi) is 6.19. The second kappa shape index (κ2) is 7.67. The third-order valence-corrected chi connectivity index (χ3v) is 2.63. The topological polar surface area (TPSA) is 50.4 Å². The van der Waals surface area contributed by atoms with E-state index >= 15 is 0 Å². The molecule has 0 bridgehead atoms. The van der Waals surface area contributed by atoms with Crippen LogP contribution >= 0.6 is 0 Å². The molecule has 1 aromatic carbocycles. The molecule has 0 aliphatic carbocycles. The summed E-state index contributed by atoms with van der Waals surface area (Å²) in [5.41, 5.74) is 0.913. The van der Waals surface area contributed by atoms with Crippen molar-refractivity contribution in [2.75, 3.05) is 18.5 Å². The summed E-state index contributed by atoms with van der Waals surface area (Å²) in [6.07, 6.45) is 0. The highest BCUT2D eigenvalue weighted by Gasteiger charge is 2.12. The van der Waals surface area contributed by atoms with Gasteiger partial charge in [-0.2, -0.15) is 0 Å². The third kappa shape index (κ3) is 5.64. The maximum absolute atomic E-state index is 11.8. The highest BCUT2D eigenvalue weighted by Crippen LogP contribution is 2.16. The van der Waals surface area contributed by atoms with Crippen molar-refractivity contribution in [1.82, 2.24) is 5.32 Å². The number of anilines is 1. The summed E-state index contributed by atoms with van der Waals surface area (Å²) in [7, 11) is 0. The number of benzene rings is 1. The molecule has 0 aliphatic rings. The molecule has 4 nitrogen and oxygen atoms in total. The van der Waals surface area contributed by atoms with E-state index in [4.69, 9.17) is 4.74 Å². The van der Waals surface area contributed by atoms with Gasteiger partial charge in [0.2, 0.25) is 5.91 Å². The first-order valence-corrected chi connectivity index (χ1v) is 6.80. The first-order chi connectivity index (χ1) is 9.02. The van der Waals surface area contributed by atoms with Crippen LogP contribution in [-0.2, 0) is 4.79 Å². The molecule has 1 rings (SSSR count). The average molecular weight is 264 g/mol. The zero-order valence-corrected chi connectivity index (χ0v) is 12.2. The highest BCUT2D eigenvalue weighted by atomic mass is 16.5. The van der Waals surface area contributed by atoms with Gasteiger partial charge in [-0.1, -0.05) is 13.8 Å². The number of amides is 1. The lowest BCUT2D eigenvalue weighted by Gasteiger charge is -2.16. The Morgan fingerprint density at radius 3 is 2.37 bits per heavy atom. The van der Waals surface area contributed by atoms with E-state index in [2.05, 4.69) is 24.5 Å². The lowest BCUT2D eigenvalue weighted by Crippen LogP contribution is -2.39. The summed E-state index contributed by atoms with van der Waals surface area (Å²) >= 11 is 0. The molecule has 1 amide bonds. The Hall–Kier alpha value is -1.71. The first kappa shape index (κ1) is 15.3. The van der Waals surface area contributed by atoms with Gasteiger partial charge in [-0.05, 0) is 44.0 Å². The SMILES string of the molecule is CCOc1ccc(NC(C)C(=O)NCC(C)C)cc1. The van der Waals surface area contributed by atoms with E-state index in [1.807, 2.05) is 38.1 Å². The zero-order valence-electron chi connectivity index (χ0n) is 12.2. The fourth-order valence-electron chi connectivity index (χ4n) is 1.59. The zero-order chi connectivity index (χ0) is 14.3. The molecule has 19 heavy (non-hydrogen) atoms. The van der Waals surface area contributed by atoms with E-state index < -0.39 is 0 Å². The number of ether oxygens (including phenoxy) is 1. The second-order valence-corrected chi connectivity index (χ2v) is 4.96. The Bertz CT molecular complexity index is 388. The van der Waals surface area contributed by atoms with Gasteiger partial charge in [-0.3, -0.25) is 4.79 Å². The fourth-order valence-corrected chi connectivity index (χ4v) is 1.59. The standard InChI is InChI=1S/C15H24N2O2/c1-5-19-14-8-6-13(7-9-14)17-12(4)15(18)16-10-11(2)3/h6-9,11-12,17H,5,10H2,1-4H3,(H,16,18). The van der Waals surface area contributed by atoms with E-state index in [1.165, 1.54) is 0 Å². The quantitative estimate of drug-likeness (QED) is 0.796. The van der Waals surface area contributed by atoms with Crippen LogP contribution in [0, 0.1) is 5.92 Å². The van der Waals surface area contributed by atoms with Crippen LogP contribution in [0.5, 0.6) is 5.75 Å². The maximum Gasteiger partial charge on any atom is 0.242 e. The van der Waals surface area contributed by atoms with Gasteiger partial charge in [-0.25, -0.2) is 0 Å². The van der Waals surface area contributed by atoms with Gasteiger partial charge >= 0.3 is 0 Å². The van der Waals surface area contributed by atoms with Crippen molar-refractivity contribution in [3.05, 3.63) is 24.3 Å². The van der Waals surface area contributed by atoms with Crippen molar-refractivity contribution in [2.24, 2.45) is 5.92 Å². The molecule has 0 spiro atoms. The van der Waals surface area contributed by atoms with E-state index in [9.17, 15) is 4.79 Å². The predicted molar refractivity (Wildman–Crippen MR) is 78.5 cm³/mol. The first-order valence-electron chi connectivity index (χ1n) is 6.80. The lowest BCUT2D eigenvalue weighted by atomic mass is 10.2. The monoisotopic (exact) mass is 264 g/mol. The molecule has 0 saturated carbocycles. The Balaban J connectivity index is 2.47. The summed E-state index contributed by atoms with van der Waals surface area (Å²) < 4.78 is 5.37. The van der Waals surface area contributed by atoms with Gasteiger partial charge in [0.15, 0.2) is 0 Å². The molecule has 1 unspecified atom stereocenters. The Labute approximate surface area is 115 Å². The summed E-state index contributed by atoms with van der Waals surface area (Å²) in [6.45, 7) is 9.31. The molecule has 0 fully saturated rings. The second-order valence-electron chi connectivity index (χ2n) is 4.96. The van der Waals surface area contributed by atoms with Crippen molar-refractivity contribution < 1.29 is 9.53 Å². The number of carbonyl (C=O) groups is 1. The van der Waals surface area contributed by atoms with Gasteiger partial charge in [0.1, 0.15) is 11.8 Å². The average Bonchev–Trinajstić information content (AvgIpc) is 2.38. The molecule has 1 atom stereocenters. The van der Waals surface area contributed by atoms with Crippen LogP contribution in [0.3, 0.4) is 0 Å². The van der Waals surface area contributed by atoms with Crippen molar-refractivity contribution in [2.45, 2.75) is 33.7 Å². The van der Waals surface area contributed by atoms with Crippen LogP contribution < -0.4 is 15.4 Å². The van der Waals surface area contributed by atoms with Crippen LogP contribution in [0.15, 0.2) is 24.3 Å². The van der Waals surface area contributed by atoms with Crippen LogP contribution in [0.1, 0.15) is 27.7 Å². The van der Waals surface area contributed by atoms with Crippen LogP contribution in [-0.4, -0.2) is 25.1 Å². The summed E-state index contributed by atoms with van der Waals surface area (Å²) in [5, 5.41) is 6.07. The highest BCUT2D eigenvalue weighted by molar-refractivity contribution is 5.84. The molecule has 0 aliphatic heterocycles. The molecule has 0 saturated heterocycles. The van der Waals surface area contributed by atoms with Gasteiger partial charge in [0.05, 0.1) is 6.61 Å². The molecular weight excluding hydrogens is 240 g/mol. The third-order valence-electron chi connectivity index (χ3n) is 2.63. The van der Waals surface area contributed by atoms with Gasteiger partial charge in [0.25, 0.3) is 0 Å². The minimum Gasteiger partial charge on any atom is -0.494 e. The van der Waals surface area contributed by atoms with Gasteiger partial charge in [-0.15, -0.1) is 0 Å². The fraction of sp³-hybridized carbons (Fsp3) is 0.533. The van der Waals surface area contributed by atoms with E-state index in [0.717, 1.165) is 11.4 Å². The van der Waals surface area contributed by atoms with Gasteiger partial charge < -0.3 is 15.4 Å². The molecule has 2 N–H and O–H groups in total.